The van der Waals surface area contributed by atoms with Crippen LogP contribution in [0.1, 0.15) is 45.4 Å². The Kier molecular flexibility index (Phi) is 35.0. The molecule has 4 radical (unpaired) electrons. The summed E-state index contributed by atoms with van der Waals surface area (Å²) in [6.07, 6.45) is 7.98. The van der Waals surface area contributed by atoms with Crippen LogP contribution in [0, 0.1) is 66.4 Å². The van der Waals surface area contributed by atoms with Crippen LogP contribution in [0.2, 0.25) is 0 Å². The molecule has 0 saturated carbocycles. The van der Waals surface area contributed by atoms with E-state index >= 15 is 0 Å². The van der Waals surface area contributed by atoms with Gasteiger partial charge in [0.2, 0.25) is 0 Å². The van der Waals surface area contributed by atoms with E-state index in [1.54, 1.807) is 0 Å². The van der Waals surface area contributed by atoms with Gasteiger partial charge in [0.05, 0.1) is 0 Å². The summed E-state index contributed by atoms with van der Waals surface area (Å²) in [5.41, 5.74) is 0. The molecule has 0 nitrogen and oxygen atoms in total. The maximum Gasteiger partial charge on any atom is 0 e. The van der Waals surface area contributed by atoms with Crippen molar-refractivity contribution in [3.63, 3.8) is 0 Å². The van der Waals surface area contributed by atoms with Gasteiger partial charge in [0.1, 0.15) is 0 Å². The normalized spacial score (nSPS) is 7.93. The Hall–Kier alpha value is -0.911. The summed E-state index contributed by atoms with van der Waals surface area (Å²) < 4.78 is 0. The van der Waals surface area contributed by atoms with Crippen LogP contribution >= 0.6 is 0 Å². The summed E-state index contributed by atoms with van der Waals surface area (Å²) in [6.45, 7) is 6.02. The van der Waals surface area contributed by atoms with Crippen molar-refractivity contribution in [2.45, 2.75) is 45.4 Å². The molecule has 0 fully saturated rings. The molecular formula is C26H32BPr-4. The van der Waals surface area contributed by atoms with Crippen molar-refractivity contribution in [3.05, 3.63) is 116 Å². The third-order valence-electron chi connectivity index (χ3n) is 3.17. The van der Waals surface area contributed by atoms with E-state index in [0.29, 0.717) is 0 Å². The number of hydrogen-bond acceptors (Lipinski definition) is 0. The molecule has 0 spiro atoms. The van der Waals surface area contributed by atoms with Crippen LogP contribution in [-0.2, 0) is 0 Å². The van der Waals surface area contributed by atoms with Gasteiger partial charge in [-0.15, -0.1) is 0 Å². The number of rotatable bonds is 5. The Morgan fingerprint density at radius 2 is 0.857 bits per heavy atom. The van der Waals surface area contributed by atoms with Gasteiger partial charge in [-0.1, -0.05) is 39.0 Å². The Bertz CT molecular complexity index is 382. The van der Waals surface area contributed by atoms with Crippen molar-refractivity contribution >= 4 is 8.41 Å². The van der Waals surface area contributed by atoms with Crippen LogP contribution in [-0.4, -0.2) is 8.41 Å². The topological polar surface area (TPSA) is 0 Å². The molecule has 0 aromatic heterocycles. The van der Waals surface area contributed by atoms with Gasteiger partial charge in [0.15, 0.2) is 0 Å². The van der Waals surface area contributed by atoms with Gasteiger partial charge in [-0.2, -0.15) is 116 Å². The van der Waals surface area contributed by atoms with Gasteiger partial charge in [-0.05, 0) is 0 Å². The van der Waals surface area contributed by atoms with E-state index in [9.17, 15) is 0 Å². The first-order valence-electron chi connectivity index (χ1n) is 9.44. The molecule has 0 aliphatic rings. The monoisotopic (exact) mass is 496 g/mol. The zero-order chi connectivity index (χ0) is 19.0. The fraction of sp³-hybridized carbons (Fsp3) is 0.269. The van der Waals surface area contributed by atoms with Gasteiger partial charge in [0.25, 0.3) is 0 Å². The SMILES string of the molecule is [B].[CH2-]CCCCCCC.[Pr].[c-]1ccccc1.[c-]1ccccc1.[c-]1ccccc1. The van der Waals surface area contributed by atoms with Crippen LogP contribution in [0.25, 0.3) is 0 Å². The Morgan fingerprint density at radius 3 is 1.04 bits per heavy atom. The molecule has 0 amide bonds. The van der Waals surface area contributed by atoms with E-state index in [2.05, 4.69) is 32.0 Å². The van der Waals surface area contributed by atoms with E-state index in [1.807, 2.05) is 91.0 Å². The molecule has 0 N–H and O–H groups in total. The molecule has 3 aromatic carbocycles. The average Bonchev–Trinajstić information content (AvgIpc) is 2.76. The van der Waals surface area contributed by atoms with Crippen LogP contribution in [0.15, 0.2) is 91.0 Å². The van der Waals surface area contributed by atoms with Gasteiger partial charge in [0, 0.05) is 49.7 Å². The van der Waals surface area contributed by atoms with Crippen molar-refractivity contribution < 1.29 is 41.3 Å². The molecule has 0 saturated heterocycles. The molecule has 146 valence electrons. The van der Waals surface area contributed by atoms with E-state index < -0.39 is 0 Å². The first-order chi connectivity index (χ1) is 12.9. The van der Waals surface area contributed by atoms with Gasteiger partial charge in [-0.25, -0.2) is 0 Å². The second-order valence-corrected chi connectivity index (χ2v) is 5.50. The zero-order valence-electron chi connectivity index (χ0n) is 17.3. The van der Waals surface area contributed by atoms with Crippen molar-refractivity contribution in [2.24, 2.45) is 0 Å². The van der Waals surface area contributed by atoms with Crippen molar-refractivity contribution in [2.75, 3.05) is 0 Å². The van der Waals surface area contributed by atoms with E-state index in [0.717, 1.165) is 6.42 Å². The first kappa shape index (κ1) is 31.8. The molecule has 3 aromatic rings. The summed E-state index contributed by atoms with van der Waals surface area (Å²) in [7, 11) is 0. The summed E-state index contributed by atoms with van der Waals surface area (Å²) in [4.78, 5) is 0. The average molecular weight is 496 g/mol. The molecular weight excluding hydrogens is 464 g/mol. The van der Waals surface area contributed by atoms with Gasteiger partial charge in [-0.3, -0.25) is 0 Å². The predicted molar refractivity (Wildman–Crippen MR) is 120 cm³/mol. The molecule has 28 heavy (non-hydrogen) atoms. The summed E-state index contributed by atoms with van der Waals surface area (Å²) in [6, 6.07) is 37.5. The quantitative estimate of drug-likeness (QED) is 0.198. The predicted octanol–water partition coefficient (Wildman–Crippen LogP) is 7.26. The Balaban J connectivity index is -0.000000292. The maximum absolute atomic E-state index is 3.78. The standard InChI is InChI=1S/C8H17.3C6H5.B.Pr/c1-3-5-7-8-6-4-2;3*1-2-4-6-5-3-1;;/h1,3-8H2,2H3;3*1-5H;;/q4*-1;;. The second kappa shape index (κ2) is 30.8. The minimum absolute atomic E-state index is 0. The summed E-state index contributed by atoms with van der Waals surface area (Å²) in [5, 5.41) is 0. The molecule has 0 heterocycles. The smallest absolute Gasteiger partial charge is 0 e. The van der Waals surface area contributed by atoms with Gasteiger partial charge >= 0.3 is 0 Å². The molecule has 2 heteroatoms. The van der Waals surface area contributed by atoms with Crippen LogP contribution in [0.3, 0.4) is 0 Å². The van der Waals surface area contributed by atoms with Crippen LogP contribution in [0.4, 0.5) is 0 Å². The largest absolute Gasteiger partial charge is 0.343 e. The number of hydrogen-bond donors (Lipinski definition) is 0. The third-order valence-corrected chi connectivity index (χ3v) is 3.17. The maximum atomic E-state index is 3.78. The molecule has 0 unspecified atom stereocenters. The summed E-state index contributed by atoms with van der Waals surface area (Å²) in [5.74, 6) is 0. The summed E-state index contributed by atoms with van der Waals surface area (Å²) >= 11 is 0. The number of benzene rings is 3. The number of unbranched alkanes of at least 4 members (excludes halogenated alkanes) is 5. The Morgan fingerprint density at radius 1 is 0.536 bits per heavy atom. The first-order valence-corrected chi connectivity index (χ1v) is 9.44. The molecule has 0 atom stereocenters. The fourth-order valence-electron chi connectivity index (χ4n) is 1.81. The van der Waals surface area contributed by atoms with E-state index in [1.165, 1.54) is 32.1 Å². The minimum Gasteiger partial charge on any atom is -0.343 e. The molecule has 0 aliphatic carbocycles. The van der Waals surface area contributed by atoms with E-state index in [4.69, 9.17) is 0 Å². The van der Waals surface area contributed by atoms with Crippen LogP contribution < -0.4 is 0 Å². The van der Waals surface area contributed by atoms with Crippen LogP contribution in [0.5, 0.6) is 0 Å². The minimum atomic E-state index is 0. The molecule has 0 aliphatic heterocycles. The molecule has 0 bridgehead atoms. The third kappa shape index (κ3) is 29.8. The van der Waals surface area contributed by atoms with E-state index in [-0.39, 0.29) is 49.7 Å². The van der Waals surface area contributed by atoms with Gasteiger partial charge < -0.3 is 6.92 Å². The Labute approximate surface area is 209 Å². The van der Waals surface area contributed by atoms with Crippen molar-refractivity contribution in [1.29, 1.82) is 0 Å². The molecule has 3 rings (SSSR count). The van der Waals surface area contributed by atoms with Crippen molar-refractivity contribution in [3.8, 4) is 0 Å². The zero-order valence-corrected chi connectivity index (χ0v) is 21.0. The second-order valence-electron chi connectivity index (χ2n) is 5.50. The van der Waals surface area contributed by atoms with Crippen molar-refractivity contribution in [1.82, 2.24) is 0 Å². The fourth-order valence-corrected chi connectivity index (χ4v) is 1.81.